The molecular weight excluding hydrogens is 342 g/mol. The number of likely N-dealkylation sites (tertiary alicyclic amines) is 1. The summed E-state index contributed by atoms with van der Waals surface area (Å²) in [5, 5.41) is 13.8. The molecule has 1 fully saturated rings. The normalized spacial score (nSPS) is 18.6. The number of nitrogens with zero attached hydrogens (tertiary/aromatic N) is 4. The third-order valence-electron chi connectivity index (χ3n) is 4.86. The Hall–Kier alpha value is -2.35. The highest BCUT2D eigenvalue weighted by molar-refractivity contribution is 5.79. The van der Waals surface area contributed by atoms with E-state index in [1.165, 1.54) is 25.8 Å². The number of nitrogens with one attached hydrogen (secondary N) is 3. The second-order valence-corrected chi connectivity index (χ2v) is 6.94. The smallest absolute Gasteiger partial charge is 0.216 e. The Balaban J connectivity index is 1.45. The molecule has 2 aromatic rings. The molecule has 1 aliphatic rings. The summed E-state index contributed by atoms with van der Waals surface area (Å²) in [6.45, 7) is 8.95. The maximum absolute atomic E-state index is 5.31. The highest BCUT2D eigenvalue weighted by Crippen LogP contribution is 2.16. The van der Waals surface area contributed by atoms with Crippen molar-refractivity contribution >= 4 is 5.96 Å². The van der Waals surface area contributed by atoms with Gasteiger partial charge in [-0.3, -0.25) is 5.10 Å². The molecule has 3 heterocycles. The number of aromatic amines is 1. The van der Waals surface area contributed by atoms with E-state index in [1.807, 2.05) is 12.1 Å². The minimum Gasteiger partial charge on any atom is -0.461 e. The summed E-state index contributed by atoms with van der Waals surface area (Å²) in [6.07, 6.45) is 6.76. The second kappa shape index (κ2) is 10.1. The first-order valence-electron chi connectivity index (χ1n) is 9.97. The minimum atomic E-state index is 0.437. The maximum Gasteiger partial charge on any atom is 0.216 e. The van der Waals surface area contributed by atoms with Crippen molar-refractivity contribution in [3.05, 3.63) is 24.2 Å². The predicted molar refractivity (Wildman–Crippen MR) is 106 cm³/mol. The molecule has 8 nitrogen and oxygen atoms in total. The zero-order valence-electron chi connectivity index (χ0n) is 16.4. The van der Waals surface area contributed by atoms with Crippen molar-refractivity contribution in [2.45, 2.75) is 52.1 Å². The lowest BCUT2D eigenvalue weighted by Gasteiger charge is -2.33. The van der Waals surface area contributed by atoms with Crippen LogP contribution in [-0.2, 0) is 6.54 Å². The Kier molecular flexibility index (Phi) is 7.27. The fraction of sp³-hybridized carbons (Fsp3) is 0.632. The Morgan fingerprint density at radius 2 is 2.33 bits per heavy atom. The zero-order valence-corrected chi connectivity index (χ0v) is 16.4. The van der Waals surface area contributed by atoms with Crippen molar-refractivity contribution in [3.63, 3.8) is 0 Å². The van der Waals surface area contributed by atoms with Gasteiger partial charge in [-0.2, -0.15) is 0 Å². The Bertz CT molecular complexity index is 695. The molecule has 0 radical (unpaired) electrons. The number of piperidine rings is 1. The van der Waals surface area contributed by atoms with Crippen LogP contribution in [0, 0.1) is 0 Å². The lowest BCUT2D eigenvalue weighted by Crippen LogP contribution is -2.41. The number of furan rings is 1. The van der Waals surface area contributed by atoms with Gasteiger partial charge in [-0.25, -0.2) is 9.98 Å². The minimum absolute atomic E-state index is 0.437. The van der Waals surface area contributed by atoms with Crippen LogP contribution in [0.25, 0.3) is 11.6 Å². The van der Waals surface area contributed by atoms with Crippen LogP contribution >= 0.6 is 0 Å². The van der Waals surface area contributed by atoms with Gasteiger partial charge >= 0.3 is 0 Å². The monoisotopic (exact) mass is 373 g/mol. The average molecular weight is 374 g/mol. The van der Waals surface area contributed by atoms with Gasteiger partial charge in [0.2, 0.25) is 5.82 Å². The van der Waals surface area contributed by atoms with E-state index >= 15 is 0 Å². The summed E-state index contributed by atoms with van der Waals surface area (Å²) in [6, 6.07) is 4.38. The molecule has 27 heavy (non-hydrogen) atoms. The number of hydrogen-bond acceptors (Lipinski definition) is 5. The third-order valence-corrected chi connectivity index (χ3v) is 4.86. The molecule has 1 unspecified atom stereocenters. The largest absolute Gasteiger partial charge is 0.461 e. The molecular formula is C19H31N7O. The standard InChI is InChI=1S/C19H31N7O/c1-3-20-19(21-10-7-12-26-11-5-4-8-15(26)2)22-14-17-23-18(25-24-17)16-9-6-13-27-16/h6,9,13,15H,3-5,7-8,10-12,14H2,1-2H3,(H2,20,21,22)(H,23,24,25). The van der Waals surface area contributed by atoms with Crippen LogP contribution in [0.3, 0.4) is 0 Å². The van der Waals surface area contributed by atoms with E-state index in [-0.39, 0.29) is 0 Å². The molecule has 0 aliphatic carbocycles. The molecule has 2 aromatic heterocycles. The number of H-pyrrole nitrogens is 1. The van der Waals surface area contributed by atoms with Gasteiger partial charge in [0, 0.05) is 25.7 Å². The van der Waals surface area contributed by atoms with E-state index < -0.39 is 0 Å². The number of guanidine groups is 1. The number of rotatable bonds is 8. The summed E-state index contributed by atoms with van der Waals surface area (Å²) in [7, 11) is 0. The first-order chi connectivity index (χ1) is 13.3. The third kappa shape index (κ3) is 5.82. The molecule has 1 aliphatic heterocycles. The average Bonchev–Trinajstić information content (AvgIpc) is 3.36. The lowest BCUT2D eigenvalue weighted by atomic mass is 10.0. The SMILES string of the molecule is CCNC(=NCc1nc(-c2ccco2)n[nH]1)NCCCN1CCCCC1C. The van der Waals surface area contributed by atoms with Gasteiger partial charge < -0.3 is 20.0 Å². The van der Waals surface area contributed by atoms with E-state index in [0.717, 1.165) is 38.1 Å². The highest BCUT2D eigenvalue weighted by atomic mass is 16.3. The van der Waals surface area contributed by atoms with Crippen molar-refractivity contribution in [1.82, 2.24) is 30.7 Å². The van der Waals surface area contributed by atoms with Crippen LogP contribution < -0.4 is 10.6 Å². The zero-order chi connectivity index (χ0) is 18.9. The van der Waals surface area contributed by atoms with E-state index in [9.17, 15) is 0 Å². The van der Waals surface area contributed by atoms with Crippen LogP contribution in [0.4, 0.5) is 0 Å². The molecule has 0 aromatic carbocycles. The van der Waals surface area contributed by atoms with Gasteiger partial charge in [-0.05, 0) is 51.8 Å². The maximum atomic E-state index is 5.31. The van der Waals surface area contributed by atoms with Crippen LogP contribution in [0.15, 0.2) is 27.8 Å². The number of aliphatic imine (C=N–C) groups is 1. The van der Waals surface area contributed by atoms with Gasteiger partial charge in [-0.1, -0.05) is 6.42 Å². The van der Waals surface area contributed by atoms with Gasteiger partial charge in [0.15, 0.2) is 11.7 Å². The molecule has 0 spiro atoms. The molecule has 3 rings (SSSR count). The molecule has 0 amide bonds. The van der Waals surface area contributed by atoms with Crippen molar-refractivity contribution in [1.29, 1.82) is 0 Å². The molecule has 1 saturated heterocycles. The molecule has 1 atom stereocenters. The number of hydrogen-bond donors (Lipinski definition) is 3. The fourth-order valence-electron chi connectivity index (χ4n) is 3.36. The number of aromatic nitrogens is 3. The van der Waals surface area contributed by atoms with E-state index in [4.69, 9.17) is 4.42 Å². The van der Waals surface area contributed by atoms with E-state index in [1.54, 1.807) is 6.26 Å². The molecule has 0 bridgehead atoms. The molecule has 0 saturated carbocycles. The van der Waals surface area contributed by atoms with Crippen molar-refractivity contribution in [2.24, 2.45) is 4.99 Å². The molecule has 8 heteroatoms. The Morgan fingerprint density at radius 1 is 1.41 bits per heavy atom. The fourth-order valence-corrected chi connectivity index (χ4v) is 3.36. The summed E-state index contributed by atoms with van der Waals surface area (Å²) < 4.78 is 5.31. The van der Waals surface area contributed by atoms with Crippen molar-refractivity contribution in [2.75, 3.05) is 26.2 Å². The predicted octanol–water partition coefficient (Wildman–Crippen LogP) is 2.38. The summed E-state index contributed by atoms with van der Waals surface area (Å²) in [5.74, 6) is 2.72. The first kappa shape index (κ1) is 19.4. The lowest BCUT2D eigenvalue weighted by molar-refractivity contribution is 0.159. The van der Waals surface area contributed by atoms with E-state index in [0.29, 0.717) is 24.0 Å². The van der Waals surface area contributed by atoms with Crippen LogP contribution in [0.2, 0.25) is 0 Å². The van der Waals surface area contributed by atoms with Gasteiger partial charge in [0.25, 0.3) is 0 Å². The second-order valence-electron chi connectivity index (χ2n) is 6.94. The van der Waals surface area contributed by atoms with Crippen LogP contribution in [0.1, 0.15) is 45.4 Å². The molecule has 3 N–H and O–H groups in total. The van der Waals surface area contributed by atoms with E-state index in [2.05, 4.69) is 49.6 Å². The van der Waals surface area contributed by atoms with Crippen molar-refractivity contribution < 1.29 is 4.42 Å². The molecule has 148 valence electrons. The Labute approximate surface area is 160 Å². The quantitative estimate of drug-likeness (QED) is 0.374. The van der Waals surface area contributed by atoms with Crippen LogP contribution in [0.5, 0.6) is 0 Å². The van der Waals surface area contributed by atoms with Crippen molar-refractivity contribution in [3.8, 4) is 11.6 Å². The van der Waals surface area contributed by atoms with Gasteiger partial charge in [0.1, 0.15) is 12.4 Å². The van der Waals surface area contributed by atoms with Gasteiger partial charge in [-0.15, -0.1) is 5.10 Å². The first-order valence-corrected chi connectivity index (χ1v) is 9.97. The summed E-state index contributed by atoms with van der Waals surface area (Å²) in [5.41, 5.74) is 0. The highest BCUT2D eigenvalue weighted by Gasteiger charge is 2.17. The summed E-state index contributed by atoms with van der Waals surface area (Å²) >= 11 is 0. The summed E-state index contributed by atoms with van der Waals surface area (Å²) in [4.78, 5) is 11.6. The van der Waals surface area contributed by atoms with Crippen LogP contribution in [-0.4, -0.2) is 58.3 Å². The topological polar surface area (TPSA) is 94.4 Å². The Morgan fingerprint density at radius 3 is 3.11 bits per heavy atom. The van der Waals surface area contributed by atoms with Gasteiger partial charge in [0.05, 0.1) is 6.26 Å².